The van der Waals surface area contributed by atoms with E-state index in [1.54, 1.807) is 12.1 Å². The molecular formula is C16H19NO3. The number of rotatable bonds is 4. The van der Waals surface area contributed by atoms with E-state index in [2.05, 4.69) is 16.7 Å². The van der Waals surface area contributed by atoms with Crippen molar-refractivity contribution in [1.82, 2.24) is 4.57 Å². The molecular weight excluding hydrogens is 254 g/mol. The van der Waals surface area contributed by atoms with Gasteiger partial charge in [-0.25, -0.2) is 4.79 Å². The molecule has 1 aromatic heterocycles. The first-order chi connectivity index (χ1) is 9.31. The third kappa shape index (κ3) is 2.69. The molecule has 4 heteroatoms. The van der Waals surface area contributed by atoms with Crippen molar-refractivity contribution in [2.75, 3.05) is 0 Å². The van der Waals surface area contributed by atoms with Gasteiger partial charge in [-0.1, -0.05) is 0 Å². The Balaban J connectivity index is 2.26. The first kappa shape index (κ1) is 14.2. The molecule has 0 unspecified atom stereocenters. The van der Waals surface area contributed by atoms with E-state index in [0.29, 0.717) is 5.75 Å². The number of hydrogen-bond donors (Lipinski definition) is 1. The van der Waals surface area contributed by atoms with Crippen molar-refractivity contribution in [3.8, 4) is 11.4 Å². The summed E-state index contributed by atoms with van der Waals surface area (Å²) in [5.74, 6) is -0.442. The van der Waals surface area contributed by atoms with Gasteiger partial charge in [-0.05, 0) is 64.1 Å². The first-order valence-corrected chi connectivity index (χ1v) is 6.49. The third-order valence-corrected chi connectivity index (χ3v) is 3.25. The maximum atomic E-state index is 11.0. The van der Waals surface area contributed by atoms with Crippen LogP contribution in [0.2, 0.25) is 0 Å². The van der Waals surface area contributed by atoms with E-state index >= 15 is 0 Å². The van der Waals surface area contributed by atoms with Crippen LogP contribution in [0.4, 0.5) is 0 Å². The number of carbonyl (C=O) groups is 1. The van der Waals surface area contributed by atoms with Crippen LogP contribution in [0.25, 0.3) is 5.69 Å². The lowest BCUT2D eigenvalue weighted by molar-refractivity contribution is -0.152. The minimum atomic E-state index is -1.24. The lowest BCUT2D eigenvalue weighted by atomic mass is 10.1. The average molecular weight is 273 g/mol. The molecule has 1 N–H and O–H groups in total. The Morgan fingerprint density at radius 2 is 1.55 bits per heavy atom. The quantitative estimate of drug-likeness (QED) is 0.929. The smallest absolute Gasteiger partial charge is 0.347 e. The van der Waals surface area contributed by atoms with E-state index in [1.807, 2.05) is 26.0 Å². The summed E-state index contributed by atoms with van der Waals surface area (Å²) in [5.41, 5.74) is 2.11. The molecule has 0 spiro atoms. The van der Waals surface area contributed by atoms with Gasteiger partial charge in [-0.3, -0.25) is 0 Å². The summed E-state index contributed by atoms with van der Waals surface area (Å²) in [7, 11) is 0. The standard InChI is InChI=1S/C16H19NO3/c1-11-5-6-12(2)17(11)13-7-9-14(10-8-13)20-16(3,4)15(18)19/h5-10H,1-4H3,(H,18,19). The summed E-state index contributed by atoms with van der Waals surface area (Å²) in [6.07, 6.45) is 0. The number of ether oxygens (including phenoxy) is 1. The number of aliphatic carboxylic acids is 1. The number of hydrogen-bond acceptors (Lipinski definition) is 2. The zero-order chi connectivity index (χ0) is 14.9. The van der Waals surface area contributed by atoms with Crippen LogP contribution in [-0.2, 0) is 4.79 Å². The molecule has 0 atom stereocenters. The molecule has 2 rings (SSSR count). The Labute approximate surface area is 118 Å². The monoisotopic (exact) mass is 273 g/mol. The largest absolute Gasteiger partial charge is 0.478 e. The van der Waals surface area contributed by atoms with Crippen LogP contribution in [0.5, 0.6) is 5.75 Å². The number of aryl methyl sites for hydroxylation is 2. The Hall–Kier alpha value is -2.23. The summed E-state index contributed by atoms with van der Waals surface area (Å²) in [6, 6.07) is 11.6. The van der Waals surface area contributed by atoms with Gasteiger partial charge in [0.25, 0.3) is 0 Å². The number of benzene rings is 1. The predicted molar refractivity (Wildman–Crippen MR) is 77.6 cm³/mol. The number of nitrogens with zero attached hydrogens (tertiary/aromatic N) is 1. The molecule has 1 aromatic carbocycles. The van der Waals surface area contributed by atoms with Crippen LogP contribution >= 0.6 is 0 Å². The second kappa shape index (κ2) is 5.04. The Kier molecular flexibility index (Phi) is 3.57. The highest BCUT2D eigenvalue weighted by Gasteiger charge is 2.29. The van der Waals surface area contributed by atoms with Gasteiger partial charge in [-0.15, -0.1) is 0 Å². The van der Waals surface area contributed by atoms with E-state index < -0.39 is 11.6 Å². The van der Waals surface area contributed by atoms with Gasteiger partial charge in [0.15, 0.2) is 5.60 Å². The molecule has 0 amide bonds. The minimum Gasteiger partial charge on any atom is -0.478 e. The van der Waals surface area contributed by atoms with Gasteiger partial charge in [-0.2, -0.15) is 0 Å². The SMILES string of the molecule is Cc1ccc(C)n1-c1ccc(OC(C)(C)C(=O)O)cc1. The summed E-state index contributed by atoms with van der Waals surface area (Å²) in [4.78, 5) is 11.0. The topological polar surface area (TPSA) is 51.5 Å². The Bertz CT molecular complexity index is 604. The molecule has 4 nitrogen and oxygen atoms in total. The van der Waals surface area contributed by atoms with Gasteiger partial charge in [0.1, 0.15) is 5.75 Å². The van der Waals surface area contributed by atoms with Crippen LogP contribution in [0.1, 0.15) is 25.2 Å². The molecule has 20 heavy (non-hydrogen) atoms. The molecule has 0 saturated heterocycles. The lowest BCUT2D eigenvalue weighted by Crippen LogP contribution is -2.37. The molecule has 0 fully saturated rings. The van der Waals surface area contributed by atoms with Crippen LogP contribution < -0.4 is 4.74 Å². The zero-order valence-corrected chi connectivity index (χ0v) is 12.2. The van der Waals surface area contributed by atoms with E-state index in [1.165, 1.54) is 13.8 Å². The number of carboxylic acid groups (broad SMARTS) is 1. The highest BCUT2D eigenvalue weighted by Crippen LogP contribution is 2.22. The summed E-state index contributed by atoms with van der Waals surface area (Å²) >= 11 is 0. The van der Waals surface area contributed by atoms with Crippen LogP contribution in [0.3, 0.4) is 0 Å². The highest BCUT2D eigenvalue weighted by atomic mass is 16.5. The Morgan fingerprint density at radius 3 is 2.00 bits per heavy atom. The molecule has 0 saturated carbocycles. The minimum absolute atomic E-state index is 0.545. The summed E-state index contributed by atoms with van der Waals surface area (Å²) in [6.45, 7) is 7.16. The fraction of sp³-hybridized carbons (Fsp3) is 0.312. The third-order valence-electron chi connectivity index (χ3n) is 3.25. The molecule has 0 aliphatic carbocycles. The van der Waals surface area contributed by atoms with Gasteiger partial charge in [0.05, 0.1) is 0 Å². The van der Waals surface area contributed by atoms with Crippen LogP contribution in [0, 0.1) is 13.8 Å². The van der Waals surface area contributed by atoms with Crippen molar-refractivity contribution in [3.05, 3.63) is 47.8 Å². The summed E-state index contributed by atoms with van der Waals surface area (Å²) < 4.78 is 7.62. The van der Waals surface area contributed by atoms with E-state index in [9.17, 15) is 4.79 Å². The molecule has 0 bridgehead atoms. The van der Waals surface area contributed by atoms with Crippen LogP contribution in [-0.4, -0.2) is 21.2 Å². The maximum Gasteiger partial charge on any atom is 0.347 e. The average Bonchev–Trinajstić information content (AvgIpc) is 2.70. The number of carboxylic acids is 1. The normalized spacial score (nSPS) is 11.4. The van der Waals surface area contributed by atoms with Gasteiger partial charge in [0.2, 0.25) is 0 Å². The van der Waals surface area contributed by atoms with Crippen molar-refractivity contribution in [2.45, 2.75) is 33.3 Å². The van der Waals surface area contributed by atoms with Crippen molar-refractivity contribution >= 4 is 5.97 Å². The van der Waals surface area contributed by atoms with E-state index in [4.69, 9.17) is 9.84 Å². The highest BCUT2D eigenvalue weighted by molar-refractivity contribution is 5.76. The van der Waals surface area contributed by atoms with E-state index in [0.717, 1.165) is 17.1 Å². The molecule has 0 aliphatic heterocycles. The molecule has 106 valence electrons. The first-order valence-electron chi connectivity index (χ1n) is 6.49. The fourth-order valence-corrected chi connectivity index (χ4v) is 2.08. The Morgan fingerprint density at radius 1 is 1.05 bits per heavy atom. The second-order valence-corrected chi connectivity index (χ2v) is 5.36. The molecule has 2 aromatic rings. The van der Waals surface area contributed by atoms with Crippen molar-refractivity contribution in [3.63, 3.8) is 0 Å². The van der Waals surface area contributed by atoms with Crippen molar-refractivity contribution in [2.24, 2.45) is 0 Å². The van der Waals surface area contributed by atoms with E-state index in [-0.39, 0.29) is 0 Å². The number of aromatic nitrogens is 1. The van der Waals surface area contributed by atoms with Gasteiger partial charge >= 0.3 is 5.97 Å². The lowest BCUT2D eigenvalue weighted by Gasteiger charge is -2.21. The molecule has 0 radical (unpaired) electrons. The predicted octanol–water partition coefficient (Wildman–Crippen LogP) is 3.34. The van der Waals surface area contributed by atoms with Crippen LogP contribution in [0.15, 0.2) is 36.4 Å². The van der Waals surface area contributed by atoms with Gasteiger partial charge in [0, 0.05) is 17.1 Å². The van der Waals surface area contributed by atoms with Crippen molar-refractivity contribution in [1.29, 1.82) is 0 Å². The van der Waals surface area contributed by atoms with Gasteiger partial charge < -0.3 is 14.4 Å². The summed E-state index contributed by atoms with van der Waals surface area (Å²) in [5, 5.41) is 9.05. The van der Waals surface area contributed by atoms with Crippen molar-refractivity contribution < 1.29 is 14.6 Å². The maximum absolute atomic E-state index is 11.0. The fourth-order valence-electron chi connectivity index (χ4n) is 2.08. The second-order valence-electron chi connectivity index (χ2n) is 5.36. The zero-order valence-electron chi connectivity index (χ0n) is 12.2. The molecule has 0 aliphatic rings. The molecule has 1 heterocycles.